The molecule has 0 saturated heterocycles. The fourth-order valence-corrected chi connectivity index (χ4v) is 4.39. The van der Waals surface area contributed by atoms with Crippen LogP contribution in [0.15, 0.2) is 42.5 Å². The van der Waals surface area contributed by atoms with E-state index in [0.29, 0.717) is 11.1 Å². The van der Waals surface area contributed by atoms with E-state index in [2.05, 4.69) is 59.7 Å². The summed E-state index contributed by atoms with van der Waals surface area (Å²) in [5, 5.41) is 2.13. The van der Waals surface area contributed by atoms with E-state index in [4.69, 9.17) is 0 Å². The summed E-state index contributed by atoms with van der Waals surface area (Å²) < 4.78 is 0. The molecule has 0 amide bonds. The molecule has 0 bridgehead atoms. The van der Waals surface area contributed by atoms with Crippen molar-refractivity contribution in [3.05, 3.63) is 70.3 Å². The van der Waals surface area contributed by atoms with Gasteiger partial charge in [-0.2, -0.15) is 0 Å². The minimum atomic E-state index is -0.387. The number of hydrogen-bond acceptors (Lipinski definition) is 2. The van der Waals surface area contributed by atoms with Gasteiger partial charge in [0, 0.05) is 16.7 Å². The Kier molecular flexibility index (Phi) is 4.13. The first-order valence-corrected chi connectivity index (χ1v) is 10.2. The summed E-state index contributed by atoms with van der Waals surface area (Å²) in [6, 6.07) is 14.4. The van der Waals surface area contributed by atoms with Gasteiger partial charge >= 0.3 is 0 Å². The first-order valence-electron chi connectivity index (χ1n) is 10.2. The van der Waals surface area contributed by atoms with E-state index in [1.165, 1.54) is 0 Å². The molecule has 2 heteroatoms. The summed E-state index contributed by atoms with van der Waals surface area (Å²) in [6.45, 7) is 14.9. The highest BCUT2D eigenvalue weighted by Gasteiger charge is 2.37. The molecule has 148 valence electrons. The molecule has 3 aromatic rings. The number of ketones is 2. The van der Waals surface area contributed by atoms with E-state index in [1.807, 2.05) is 31.2 Å². The van der Waals surface area contributed by atoms with Gasteiger partial charge in [-0.3, -0.25) is 9.59 Å². The quantitative estimate of drug-likeness (QED) is 0.400. The van der Waals surface area contributed by atoms with Crippen LogP contribution in [0.25, 0.3) is 21.9 Å². The predicted molar refractivity (Wildman–Crippen MR) is 120 cm³/mol. The molecule has 3 aromatic carbocycles. The highest BCUT2D eigenvalue weighted by Crippen LogP contribution is 2.46. The van der Waals surface area contributed by atoms with Gasteiger partial charge in [0.15, 0.2) is 0 Å². The highest BCUT2D eigenvalue weighted by atomic mass is 16.2. The Morgan fingerprint density at radius 2 is 1.34 bits per heavy atom. The van der Waals surface area contributed by atoms with Crippen molar-refractivity contribution in [1.82, 2.24) is 0 Å². The summed E-state index contributed by atoms with van der Waals surface area (Å²) in [5.41, 5.74) is 5.76. The van der Waals surface area contributed by atoms with Gasteiger partial charge < -0.3 is 0 Å². The Bertz CT molecular complexity index is 1200. The van der Waals surface area contributed by atoms with Crippen LogP contribution in [0.1, 0.15) is 78.9 Å². The minimum absolute atomic E-state index is 0.118. The summed E-state index contributed by atoms with van der Waals surface area (Å²) in [4.78, 5) is 26.5. The third kappa shape index (κ3) is 2.93. The maximum absolute atomic E-state index is 13.3. The average Bonchev–Trinajstić information content (AvgIpc) is 2.62. The molecule has 0 radical (unpaired) electrons. The highest BCUT2D eigenvalue weighted by molar-refractivity contribution is 6.54. The number of hydrogen-bond donors (Lipinski definition) is 0. The molecule has 0 N–H and O–H groups in total. The van der Waals surface area contributed by atoms with Crippen molar-refractivity contribution < 1.29 is 9.59 Å². The van der Waals surface area contributed by atoms with Gasteiger partial charge in [-0.15, -0.1) is 0 Å². The lowest BCUT2D eigenvalue weighted by atomic mass is 9.70. The van der Waals surface area contributed by atoms with Gasteiger partial charge in [-0.25, -0.2) is 0 Å². The summed E-state index contributed by atoms with van der Waals surface area (Å²) in [5.74, 6) is -0.774. The van der Waals surface area contributed by atoms with E-state index in [9.17, 15) is 9.59 Å². The van der Waals surface area contributed by atoms with Gasteiger partial charge in [0.25, 0.3) is 0 Å². The predicted octanol–water partition coefficient (Wildman–Crippen LogP) is 6.79. The molecule has 29 heavy (non-hydrogen) atoms. The average molecular weight is 385 g/mol. The molecule has 0 unspecified atom stereocenters. The Hall–Kier alpha value is -2.74. The molecule has 1 aliphatic carbocycles. The van der Waals surface area contributed by atoms with Crippen molar-refractivity contribution in [2.75, 3.05) is 0 Å². The molecule has 0 aromatic heterocycles. The molecule has 0 saturated carbocycles. The van der Waals surface area contributed by atoms with Crippen molar-refractivity contribution in [3.63, 3.8) is 0 Å². The van der Waals surface area contributed by atoms with Crippen molar-refractivity contribution in [1.29, 1.82) is 0 Å². The van der Waals surface area contributed by atoms with Crippen molar-refractivity contribution in [2.24, 2.45) is 0 Å². The SMILES string of the molecule is Cc1cc2ccccc2c2c1C(=O)C(=O)c1cc(C(C)(C)C)cc(C(C)(C)C)c1-2. The van der Waals surface area contributed by atoms with Crippen molar-refractivity contribution in [3.8, 4) is 11.1 Å². The molecule has 1 aliphatic rings. The zero-order valence-corrected chi connectivity index (χ0v) is 18.4. The number of carbonyl (C=O) groups excluding carboxylic acids is 2. The fraction of sp³-hybridized carbons (Fsp3) is 0.333. The van der Waals surface area contributed by atoms with Crippen molar-refractivity contribution in [2.45, 2.75) is 59.3 Å². The summed E-state index contributed by atoms with van der Waals surface area (Å²) >= 11 is 0. The standard InChI is InChI=1S/C27H28O2/c1-15-12-16-10-8-9-11-18(16)23-21(15)25(29)24(28)19-13-17(26(2,3)4)14-20(22(19)23)27(5,6)7/h8-14H,1-7H3. The largest absolute Gasteiger partial charge is 0.285 e. The van der Waals surface area contributed by atoms with Crippen LogP contribution in [-0.4, -0.2) is 11.6 Å². The molecule has 0 heterocycles. The molecule has 0 atom stereocenters. The van der Waals surface area contributed by atoms with Gasteiger partial charge in [0.2, 0.25) is 11.6 Å². The second kappa shape index (κ2) is 6.13. The van der Waals surface area contributed by atoms with Crippen LogP contribution >= 0.6 is 0 Å². The Morgan fingerprint density at radius 3 is 1.97 bits per heavy atom. The number of Topliss-reactive ketones (excluding diaryl/α,β-unsaturated/α-hetero) is 2. The Labute approximate surface area is 173 Å². The van der Waals surface area contributed by atoms with Crippen LogP contribution in [0.3, 0.4) is 0 Å². The number of rotatable bonds is 0. The third-order valence-corrected chi connectivity index (χ3v) is 5.99. The lowest BCUT2D eigenvalue weighted by Gasteiger charge is -2.32. The number of aryl methyl sites for hydroxylation is 1. The first kappa shape index (κ1) is 19.6. The van der Waals surface area contributed by atoms with E-state index in [1.54, 1.807) is 0 Å². The lowest BCUT2D eigenvalue weighted by Crippen LogP contribution is -2.27. The normalized spacial score (nSPS) is 14.2. The fourth-order valence-electron chi connectivity index (χ4n) is 4.39. The molecule has 0 fully saturated rings. The van der Waals surface area contributed by atoms with Gasteiger partial charge in [0.05, 0.1) is 0 Å². The molecule has 2 nitrogen and oxygen atoms in total. The maximum Gasteiger partial charge on any atom is 0.234 e. The van der Waals surface area contributed by atoms with E-state index in [-0.39, 0.29) is 22.4 Å². The van der Waals surface area contributed by atoms with Crippen LogP contribution < -0.4 is 0 Å². The zero-order chi connectivity index (χ0) is 21.3. The lowest BCUT2D eigenvalue weighted by molar-refractivity contribution is 0.0815. The van der Waals surface area contributed by atoms with E-state index in [0.717, 1.165) is 38.6 Å². The monoisotopic (exact) mass is 384 g/mol. The summed E-state index contributed by atoms with van der Waals surface area (Å²) in [7, 11) is 0. The molecular formula is C27H28O2. The molecule has 0 spiro atoms. The summed E-state index contributed by atoms with van der Waals surface area (Å²) in [6.07, 6.45) is 0. The van der Waals surface area contributed by atoms with Crippen LogP contribution in [0, 0.1) is 6.92 Å². The second-order valence-corrected chi connectivity index (χ2v) is 10.3. The smallest absolute Gasteiger partial charge is 0.234 e. The third-order valence-electron chi connectivity index (χ3n) is 5.99. The van der Waals surface area contributed by atoms with Crippen LogP contribution in [-0.2, 0) is 10.8 Å². The number of fused-ring (bicyclic) bond motifs is 5. The first-order chi connectivity index (χ1) is 13.4. The Balaban J connectivity index is 2.26. The minimum Gasteiger partial charge on any atom is -0.285 e. The molecular weight excluding hydrogens is 356 g/mol. The zero-order valence-electron chi connectivity index (χ0n) is 18.4. The molecule has 0 aliphatic heterocycles. The van der Waals surface area contributed by atoms with Crippen LogP contribution in [0.5, 0.6) is 0 Å². The number of benzene rings is 3. The van der Waals surface area contributed by atoms with Crippen molar-refractivity contribution >= 4 is 22.3 Å². The van der Waals surface area contributed by atoms with Gasteiger partial charge in [0.1, 0.15) is 0 Å². The second-order valence-electron chi connectivity index (χ2n) is 10.3. The maximum atomic E-state index is 13.3. The topological polar surface area (TPSA) is 34.1 Å². The van der Waals surface area contributed by atoms with Gasteiger partial charge in [-0.05, 0) is 56.8 Å². The van der Waals surface area contributed by atoms with Crippen LogP contribution in [0.4, 0.5) is 0 Å². The molecule has 4 rings (SSSR count). The van der Waals surface area contributed by atoms with Gasteiger partial charge in [-0.1, -0.05) is 77.9 Å². The Morgan fingerprint density at radius 1 is 0.690 bits per heavy atom. The van der Waals surface area contributed by atoms with Crippen LogP contribution in [0.2, 0.25) is 0 Å². The van der Waals surface area contributed by atoms with E-state index >= 15 is 0 Å². The van der Waals surface area contributed by atoms with E-state index < -0.39 is 0 Å². The number of carbonyl (C=O) groups is 2.